The summed E-state index contributed by atoms with van der Waals surface area (Å²) in [5, 5.41) is 7.63. The Morgan fingerprint density at radius 1 is 0.378 bits per heavy atom. The molecule has 0 radical (unpaired) electrons. The Bertz CT molecular complexity index is 2440. The second kappa shape index (κ2) is 9.42. The lowest BCUT2D eigenvalue weighted by Crippen LogP contribution is -2.07. The van der Waals surface area contributed by atoms with Gasteiger partial charge in [-0.1, -0.05) is 55.4 Å². The Balaban J connectivity index is 1.80. The molecule has 8 heterocycles. The van der Waals surface area contributed by atoms with E-state index in [9.17, 15) is 0 Å². The SMILES string of the molecule is CCc1cn2c(c1CC)c1c(CC)c(CC)c3c4c(CC)c(CC)c5c6c(CC)c(CC)cn6c6c7cscc7c2c(c6n54)n13. The fraction of sp³-hybridized carbons (Fsp3) is 0.400. The van der Waals surface area contributed by atoms with Gasteiger partial charge in [0.1, 0.15) is 0 Å². The van der Waals surface area contributed by atoms with E-state index in [0.29, 0.717) is 0 Å². The number of fused-ring (bicyclic) bond motifs is 10. The number of hydrogen-bond acceptors (Lipinski definition) is 1. The summed E-state index contributed by atoms with van der Waals surface area (Å²) < 4.78 is 10.8. The first-order chi connectivity index (χ1) is 22.0. The molecule has 0 aliphatic carbocycles. The molecule has 1 aromatic carbocycles. The topological polar surface area (TPSA) is 17.6 Å². The Morgan fingerprint density at radius 2 is 0.711 bits per heavy atom. The normalized spacial score (nSPS) is 13.2. The number of aromatic nitrogens is 4. The zero-order chi connectivity index (χ0) is 31.0. The van der Waals surface area contributed by atoms with Gasteiger partial charge in [0.15, 0.2) is 0 Å². The number of benzene rings is 1. The van der Waals surface area contributed by atoms with Crippen molar-refractivity contribution in [3.05, 3.63) is 67.7 Å². The standard InChI is InChI=1S/C40H44N4S/c1-9-21-17-41-31(23(21)11-3)35-25(13-5)27(15-7)37-38-28(16-8)26(14-6)36-32-24(12-4)22(10-2)18-42(32)34-30-20-45-19-29(30)33(41)39(43(35)37)40(34)44(36)38/h17-20H,9-16H2,1-8H3. The van der Waals surface area contributed by atoms with Crippen molar-refractivity contribution in [2.24, 2.45) is 0 Å². The summed E-state index contributed by atoms with van der Waals surface area (Å²) in [6.07, 6.45) is 13.4. The largest absolute Gasteiger partial charge is 0.312 e. The van der Waals surface area contributed by atoms with Crippen LogP contribution in [-0.2, 0) is 51.4 Å². The molecule has 9 aromatic rings. The van der Waals surface area contributed by atoms with Gasteiger partial charge in [0.05, 0.1) is 55.2 Å². The Kier molecular flexibility index (Phi) is 5.78. The maximum atomic E-state index is 2.78. The molecule has 8 aromatic heterocycles. The van der Waals surface area contributed by atoms with Crippen LogP contribution in [0.3, 0.4) is 0 Å². The van der Waals surface area contributed by atoms with Crippen LogP contribution in [-0.4, -0.2) is 17.6 Å². The van der Waals surface area contributed by atoms with Gasteiger partial charge in [0.2, 0.25) is 0 Å². The summed E-state index contributed by atoms with van der Waals surface area (Å²) in [6.45, 7) is 18.9. The first kappa shape index (κ1) is 27.6. The van der Waals surface area contributed by atoms with E-state index in [2.05, 4.69) is 96.1 Å². The van der Waals surface area contributed by atoms with Crippen molar-refractivity contribution >= 4 is 77.3 Å². The van der Waals surface area contributed by atoms with E-state index in [0.717, 1.165) is 51.4 Å². The van der Waals surface area contributed by atoms with Gasteiger partial charge in [-0.3, -0.25) is 0 Å². The van der Waals surface area contributed by atoms with Gasteiger partial charge in [0.25, 0.3) is 0 Å². The highest BCUT2D eigenvalue weighted by atomic mass is 32.1. The van der Waals surface area contributed by atoms with Crippen molar-refractivity contribution in [2.75, 3.05) is 0 Å². The highest BCUT2D eigenvalue weighted by Gasteiger charge is 2.33. The molecule has 0 saturated heterocycles. The molecule has 0 unspecified atom stereocenters. The zero-order valence-corrected chi connectivity index (χ0v) is 29.0. The van der Waals surface area contributed by atoms with Crippen LogP contribution in [0.25, 0.3) is 65.9 Å². The lowest BCUT2D eigenvalue weighted by Gasteiger charge is -2.21. The summed E-state index contributed by atoms with van der Waals surface area (Å²) in [7, 11) is 0. The summed E-state index contributed by atoms with van der Waals surface area (Å²) in [5.74, 6) is 0. The molecule has 0 fully saturated rings. The minimum Gasteiger partial charge on any atom is -0.312 e. The molecule has 230 valence electrons. The number of rotatable bonds is 8. The van der Waals surface area contributed by atoms with E-state index in [4.69, 9.17) is 0 Å². The molecule has 0 aliphatic heterocycles. The fourth-order valence-electron chi connectivity index (χ4n) is 9.81. The average Bonchev–Trinajstić information content (AvgIpc) is 3.87. The van der Waals surface area contributed by atoms with Crippen LogP contribution >= 0.6 is 11.3 Å². The van der Waals surface area contributed by atoms with Crippen molar-refractivity contribution in [2.45, 2.75) is 107 Å². The monoisotopic (exact) mass is 612 g/mol. The molecule has 0 atom stereocenters. The summed E-state index contributed by atoms with van der Waals surface area (Å²) in [4.78, 5) is 0. The van der Waals surface area contributed by atoms with Crippen molar-refractivity contribution < 1.29 is 0 Å². The van der Waals surface area contributed by atoms with Crippen LogP contribution in [0.5, 0.6) is 0 Å². The van der Waals surface area contributed by atoms with Gasteiger partial charge < -0.3 is 17.6 Å². The minimum absolute atomic E-state index is 1.04. The number of hydrogen-bond donors (Lipinski definition) is 0. The molecule has 45 heavy (non-hydrogen) atoms. The van der Waals surface area contributed by atoms with Gasteiger partial charge in [-0.2, -0.15) is 11.3 Å². The lowest BCUT2D eigenvalue weighted by atomic mass is 10.0. The molecule has 5 heteroatoms. The maximum absolute atomic E-state index is 2.78. The average molecular weight is 613 g/mol. The Morgan fingerprint density at radius 3 is 1.02 bits per heavy atom. The molecule has 0 amide bonds. The summed E-state index contributed by atoms with van der Waals surface area (Å²) in [5.41, 5.74) is 26.5. The van der Waals surface area contributed by atoms with E-state index in [1.807, 2.05) is 11.3 Å². The van der Waals surface area contributed by atoms with Crippen molar-refractivity contribution in [1.29, 1.82) is 0 Å². The number of nitrogens with zero attached hydrogens (tertiary/aromatic N) is 4. The van der Waals surface area contributed by atoms with Crippen LogP contribution in [0.2, 0.25) is 0 Å². The van der Waals surface area contributed by atoms with Crippen molar-refractivity contribution in [3.8, 4) is 0 Å². The van der Waals surface area contributed by atoms with Crippen LogP contribution < -0.4 is 0 Å². The molecule has 0 N–H and O–H groups in total. The number of aryl methyl sites for hydroxylation is 8. The van der Waals surface area contributed by atoms with Crippen LogP contribution in [0, 0.1) is 0 Å². The van der Waals surface area contributed by atoms with Crippen LogP contribution in [0.15, 0.2) is 23.2 Å². The summed E-state index contributed by atoms with van der Waals surface area (Å²) in [6, 6.07) is 0. The second-order valence-electron chi connectivity index (χ2n) is 13.1. The van der Waals surface area contributed by atoms with Gasteiger partial charge in [0, 0.05) is 33.9 Å². The Hall–Kier alpha value is -3.70. The quantitative estimate of drug-likeness (QED) is 0.152. The molecule has 0 aliphatic rings. The van der Waals surface area contributed by atoms with Gasteiger partial charge in [-0.25, -0.2) is 0 Å². The van der Waals surface area contributed by atoms with Crippen LogP contribution in [0.4, 0.5) is 0 Å². The summed E-state index contributed by atoms with van der Waals surface area (Å²) >= 11 is 1.86. The molecule has 0 bridgehead atoms. The third kappa shape index (κ3) is 2.92. The predicted octanol–water partition coefficient (Wildman–Crippen LogP) is 10.7. The van der Waals surface area contributed by atoms with Gasteiger partial charge in [-0.05, 0) is 95.9 Å². The van der Waals surface area contributed by atoms with E-state index >= 15 is 0 Å². The Labute approximate surface area is 268 Å². The zero-order valence-electron chi connectivity index (χ0n) is 28.2. The van der Waals surface area contributed by atoms with Crippen molar-refractivity contribution in [1.82, 2.24) is 17.6 Å². The minimum atomic E-state index is 1.04. The van der Waals surface area contributed by atoms with E-state index in [-0.39, 0.29) is 0 Å². The van der Waals surface area contributed by atoms with E-state index in [1.165, 1.54) is 88.2 Å². The van der Waals surface area contributed by atoms with Gasteiger partial charge in [-0.15, -0.1) is 0 Å². The van der Waals surface area contributed by atoms with Crippen LogP contribution in [0.1, 0.15) is 99.9 Å². The second-order valence-corrected chi connectivity index (χ2v) is 13.8. The molecule has 9 rings (SSSR count). The highest BCUT2D eigenvalue weighted by molar-refractivity contribution is 7.09. The smallest absolute Gasteiger partial charge is 0.0976 e. The molecular formula is C40H44N4S. The molecule has 4 nitrogen and oxygen atoms in total. The lowest BCUT2D eigenvalue weighted by molar-refractivity contribution is 1.06. The number of thiophene rings is 1. The van der Waals surface area contributed by atoms with Crippen molar-refractivity contribution in [3.63, 3.8) is 0 Å². The fourth-order valence-corrected chi connectivity index (χ4v) is 10.6. The third-order valence-electron chi connectivity index (χ3n) is 11.5. The maximum Gasteiger partial charge on any atom is 0.0976 e. The first-order valence-corrected chi connectivity index (χ1v) is 18.6. The third-order valence-corrected chi connectivity index (χ3v) is 12.2. The highest BCUT2D eigenvalue weighted by Crippen LogP contribution is 2.49. The van der Waals surface area contributed by atoms with E-state index < -0.39 is 0 Å². The first-order valence-electron chi connectivity index (χ1n) is 17.6. The predicted molar refractivity (Wildman–Crippen MR) is 196 cm³/mol. The van der Waals surface area contributed by atoms with Gasteiger partial charge >= 0.3 is 0 Å². The molecule has 0 spiro atoms. The molecule has 0 saturated carbocycles. The molecular weight excluding hydrogens is 569 g/mol. The van der Waals surface area contributed by atoms with E-state index in [1.54, 1.807) is 22.3 Å².